The molecular weight excluding hydrogens is 200 g/mol. The minimum absolute atomic E-state index is 0.00120. The Hall–Kier alpha value is -2.16. The fourth-order valence-corrected chi connectivity index (χ4v) is 1.96. The van der Waals surface area contributed by atoms with E-state index in [9.17, 15) is 4.79 Å². The first-order valence-electron chi connectivity index (χ1n) is 5.14. The van der Waals surface area contributed by atoms with E-state index < -0.39 is 0 Å². The molecule has 0 atom stereocenters. The van der Waals surface area contributed by atoms with Crippen LogP contribution in [0.5, 0.6) is 0 Å². The van der Waals surface area contributed by atoms with Gasteiger partial charge >= 0.3 is 0 Å². The van der Waals surface area contributed by atoms with E-state index in [-0.39, 0.29) is 5.56 Å². The molecule has 0 aliphatic heterocycles. The van der Waals surface area contributed by atoms with Gasteiger partial charge in [0.25, 0.3) is 5.56 Å². The lowest BCUT2D eigenvalue weighted by molar-refractivity contribution is 1.07. The first-order valence-corrected chi connectivity index (χ1v) is 5.14. The zero-order valence-corrected chi connectivity index (χ0v) is 8.84. The van der Waals surface area contributed by atoms with Gasteiger partial charge in [-0.2, -0.15) is 0 Å². The summed E-state index contributed by atoms with van der Waals surface area (Å²) in [5.41, 5.74) is 2.41. The van der Waals surface area contributed by atoms with Crippen molar-refractivity contribution in [2.24, 2.45) is 0 Å². The summed E-state index contributed by atoms with van der Waals surface area (Å²) in [6.45, 7) is 1.93. The Morgan fingerprint density at radius 2 is 2.00 bits per heavy atom. The van der Waals surface area contributed by atoms with Crippen molar-refractivity contribution < 1.29 is 0 Å². The Kier molecular flexibility index (Phi) is 1.80. The van der Waals surface area contributed by atoms with Crippen LogP contribution >= 0.6 is 0 Å². The maximum atomic E-state index is 12.2. The molecule has 0 unspecified atom stereocenters. The summed E-state index contributed by atoms with van der Waals surface area (Å²) in [5.74, 6) is 0. The van der Waals surface area contributed by atoms with Crippen LogP contribution < -0.4 is 5.56 Å². The average molecular weight is 210 g/mol. The second-order valence-electron chi connectivity index (χ2n) is 3.81. The molecule has 0 N–H and O–H groups in total. The van der Waals surface area contributed by atoms with Gasteiger partial charge in [0.1, 0.15) is 5.65 Å². The Bertz CT molecular complexity index is 744. The van der Waals surface area contributed by atoms with Gasteiger partial charge in [-0.05, 0) is 30.7 Å². The van der Waals surface area contributed by atoms with Crippen molar-refractivity contribution in [3.05, 3.63) is 58.5 Å². The zero-order chi connectivity index (χ0) is 11.1. The predicted molar refractivity (Wildman–Crippen MR) is 63.7 cm³/mol. The van der Waals surface area contributed by atoms with Crippen LogP contribution in [0.2, 0.25) is 0 Å². The Morgan fingerprint density at radius 3 is 2.88 bits per heavy atom. The smallest absolute Gasteiger partial charge is 0.265 e. The standard InChI is InChI=1S/C13H10N2O/c1-9-5-4-6-10-12(9)13(16)15-8-3-2-7-11(15)14-10/h2-8H,1H3. The van der Waals surface area contributed by atoms with Crippen LogP contribution in [0.15, 0.2) is 47.4 Å². The molecule has 0 spiro atoms. The van der Waals surface area contributed by atoms with Gasteiger partial charge in [0, 0.05) is 6.20 Å². The minimum atomic E-state index is -0.00120. The summed E-state index contributed by atoms with van der Waals surface area (Å²) in [5, 5.41) is 0.700. The average Bonchev–Trinajstić information content (AvgIpc) is 2.29. The molecule has 16 heavy (non-hydrogen) atoms. The highest BCUT2D eigenvalue weighted by molar-refractivity contribution is 5.82. The molecule has 0 bridgehead atoms. The SMILES string of the molecule is Cc1cccc2nc3ccccn3c(=O)c12. The Balaban J connectivity index is 2.67. The molecule has 0 saturated heterocycles. The summed E-state index contributed by atoms with van der Waals surface area (Å²) in [7, 11) is 0. The minimum Gasteiger partial charge on any atom is -0.268 e. The number of hydrogen-bond acceptors (Lipinski definition) is 2. The van der Waals surface area contributed by atoms with Gasteiger partial charge in [-0.15, -0.1) is 0 Å². The number of rotatable bonds is 0. The summed E-state index contributed by atoms with van der Waals surface area (Å²) in [6.07, 6.45) is 1.75. The number of hydrogen-bond donors (Lipinski definition) is 0. The maximum Gasteiger partial charge on any atom is 0.265 e. The van der Waals surface area contributed by atoms with Crippen molar-refractivity contribution in [3.8, 4) is 0 Å². The summed E-state index contributed by atoms with van der Waals surface area (Å²) in [4.78, 5) is 16.7. The van der Waals surface area contributed by atoms with E-state index in [0.717, 1.165) is 11.1 Å². The van der Waals surface area contributed by atoms with Crippen molar-refractivity contribution in [1.29, 1.82) is 0 Å². The van der Waals surface area contributed by atoms with Gasteiger partial charge in [0.05, 0.1) is 10.9 Å². The highest BCUT2D eigenvalue weighted by Gasteiger charge is 2.06. The summed E-state index contributed by atoms with van der Waals surface area (Å²) < 4.78 is 1.58. The number of pyridine rings is 1. The van der Waals surface area contributed by atoms with Gasteiger partial charge in [-0.25, -0.2) is 4.98 Å². The molecule has 3 rings (SSSR count). The lowest BCUT2D eigenvalue weighted by Crippen LogP contribution is -2.15. The molecule has 2 heterocycles. The molecule has 0 fully saturated rings. The molecule has 0 aliphatic rings. The Morgan fingerprint density at radius 1 is 1.12 bits per heavy atom. The Labute approximate surface area is 92.0 Å². The van der Waals surface area contributed by atoms with E-state index in [1.54, 1.807) is 10.6 Å². The number of nitrogens with zero attached hydrogens (tertiary/aromatic N) is 2. The second kappa shape index (κ2) is 3.17. The molecule has 1 aromatic carbocycles. The highest BCUT2D eigenvalue weighted by atomic mass is 16.1. The highest BCUT2D eigenvalue weighted by Crippen LogP contribution is 2.12. The normalized spacial score (nSPS) is 11.1. The van der Waals surface area contributed by atoms with Crippen molar-refractivity contribution >= 4 is 16.6 Å². The predicted octanol–water partition coefficient (Wildman–Crippen LogP) is 2.16. The first-order chi connectivity index (χ1) is 7.77. The van der Waals surface area contributed by atoms with Crippen LogP contribution in [0, 0.1) is 6.92 Å². The van der Waals surface area contributed by atoms with E-state index in [1.807, 2.05) is 43.3 Å². The van der Waals surface area contributed by atoms with Crippen LogP contribution in [0.25, 0.3) is 16.6 Å². The van der Waals surface area contributed by atoms with E-state index in [0.29, 0.717) is 11.0 Å². The molecular formula is C13H10N2O. The van der Waals surface area contributed by atoms with Gasteiger partial charge in [-0.3, -0.25) is 9.20 Å². The van der Waals surface area contributed by atoms with E-state index in [1.165, 1.54) is 0 Å². The van der Waals surface area contributed by atoms with Crippen LogP contribution in [0.4, 0.5) is 0 Å². The fourth-order valence-electron chi connectivity index (χ4n) is 1.96. The van der Waals surface area contributed by atoms with Gasteiger partial charge in [0.2, 0.25) is 0 Å². The van der Waals surface area contributed by atoms with E-state index in [2.05, 4.69) is 4.98 Å². The van der Waals surface area contributed by atoms with Crippen LogP contribution in [0.3, 0.4) is 0 Å². The summed E-state index contributed by atoms with van der Waals surface area (Å²) in [6, 6.07) is 11.3. The van der Waals surface area contributed by atoms with E-state index >= 15 is 0 Å². The van der Waals surface area contributed by atoms with Gasteiger partial charge in [0.15, 0.2) is 0 Å². The zero-order valence-electron chi connectivity index (χ0n) is 8.84. The summed E-state index contributed by atoms with van der Waals surface area (Å²) >= 11 is 0. The quantitative estimate of drug-likeness (QED) is 0.533. The fraction of sp³-hybridized carbons (Fsp3) is 0.0769. The molecule has 3 heteroatoms. The molecule has 0 saturated carbocycles. The molecule has 0 radical (unpaired) electrons. The third kappa shape index (κ3) is 1.15. The van der Waals surface area contributed by atoms with Gasteiger partial charge < -0.3 is 0 Å². The largest absolute Gasteiger partial charge is 0.268 e. The molecule has 0 amide bonds. The van der Waals surface area contributed by atoms with Crippen molar-refractivity contribution in [2.45, 2.75) is 6.92 Å². The number of aromatic nitrogens is 2. The van der Waals surface area contributed by atoms with Crippen molar-refractivity contribution in [3.63, 3.8) is 0 Å². The molecule has 0 aliphatic carbocycles. The number of fused-ring (bicyclic) bond motifs is 2. The lowest BCUT2D eigenvalue weighted by Gasteiger charge is -2.04. The van der Waals surface area contributed by atoms with Gasteiger partial charge in [-0.1, -0.05) is 18.2 Å². The van der Waals surface area contributed by atoms with Crippen LogP contribution in [-0.4, -0.2) is 9.38 Å². The van der Waals surface area contributed by atoms with Crippen molar-refractivity contribution in [2.75, 3.05) is 0 Å². The van der Waals surface area contributed by atoms with E-state index in [4.69, 9.17) is 0 Å². The first kappa shape index (κ1) is 9.09. The van der Waals surface area contributed by atoms with Crippen molar-refractivity contribution in [1.82, 2.24) is 9.38 Å². The number of aryl methyl sites for hydroxylation is 1. The monoisotopic (exact) mass is 210 g/mol. The molecule has 2 aromatic heterocycles. The molecule has 3 nitrogen and oxygen atoms in total. The number of benzene rings is 1. The second-order valence-corrected chi connectivity index (χ2v) is 3.81. The topological polar surface area (TPSA) is 34.4 Å². The molecule has 3 aromatic rings. The third-order valence-electron chi connectivity index (χ3n) is 2.76. The van der Waals surface area contributed by atoms with Crippen LogP contribution in [-0.2, 0) is 0 Å². The maximum absolute atomic E-state index is 12.2. The molecule has 78 valence electrons. The third-order valence-corrected chi connectivity index (χ3v) is 2.76. The lowest BCUT2D eigenvalue weighted by atomic mass is 10.1. The van der Waals surface area contributed by atoms with Crippen LogP contribution in [0.1, 0.15) is 5.56 Å².